The number of hydrogen-bond acceptors (Lipinski definition) is 5. The zero-order valence-corrected chi connectivity index (χ0v) is 45.9. The Bertz CT molecular complexity index is 1060. The molecule has 0 aromatic heterocycles. The van der Waals surface area contributed by atoms with Crippen LogP contribution in [0.5, 0.6) is 0 Å². The number of esters is 1. The number of hydrogen-bond donors (Lipinski definition) is 3. The second-order valence-electron chi connectivity index (χ2n) is 21.0. The highest BCUT2D eigenvalue weighted by Crippen LogP contribution is 2.18. The predicted octanol–water partition coefficient (Wildman–Crippen LogP) is 19.0. The first kappa shape index (κ1) is 66.3. The first-order valence-corrected chi connectivity index (χ1v) is 30.6. The van der Waals surface area contributed by atoms with Crippen molar-refractivity contribution in [3.8, 4) is 0 Å². The molecule has 0 aliphatic heterocycles. The fourth-order valence-electron chi connectivity index (χ4n) is 9.51. The smallest absolute Gasteiger partial charge is 0.305 e. The zero-order valence-electron chi connectivity index (χ0n) is 45.9. The number of carbonyl (C=O) groups excluding carboxylic acids is 2. The van der Waals surface area contributed by atoms with E-state index in [0.717, 1.165) is 77.0 Å². The third-order valence-corrected chi connectivity index (χ3v) is 14.2. The van der Waals surface area contributed by atoms with E-state index in [1.807, 2.05) is 6.08 Å². The van der Waals surface area contributed by atoms with Crippen molar-refractivity contribution < 1.29 is 24.5 Å². The molecule has 6 heteroatoms. The maximum Gasteiger partial charge on any atom is 0.305 e. The van der Waals surface area contributed by atoms with E-state index >= 15 is 0 Å². The van der Waals surface area contributed by atoms with Crippen LogP contribution in [0, 0.1) is 0 Å². The number of allylic oxidation sites excluding steroid dienone is 3. The summed E-state index contributed by atoms with van der Waals surface area (Å²) in [6.07, 6.45) is 70.7. The van der Waals surface area contributed by atoms with Crippen LogP contribution in [-0.2, 0) is 14.3 Å². The van der Waals surface area contributed by atoms with Gasteiger partial charge in [-0.25, -0.2) is 0 Å². The van der Waals surface area contributed by atoms with E-state index in [0.29, 0.717) is 19.4 Å². The molecule has 0 spiro atoms. The fraction of sp³-hybridized carbons (Fsp3) is 0.903. The van der Waals surface area contributed by atoms with Crippen molar-refractivity contribution in [1.29, 1.82) is 0 Å². The molecule has 2 atom stereocenters. The largest absolute Gasteiger partial charge is 0.466 e. The van der Waals surface area contributed by atoms with Gasteiger partial charge < -0.3 is 20.3 Å². The quantitative estimate of drug-likeness (QED) is 0.0321. The second-order valence-corrected chi connectivity index (χ2v) is 21.0. The van der Waals surface area contributed by atoms with Gasteiger partial charge in [-0.2, -0.15) is 0 Å². The number of carbonyl (C=O) groups is 2. The molecular weight excluding hydrogens is 839 g/mol. The van der Waals surface area contributed by atoms with Gasteiger partial charge in [0.25, 0.3) is 0 Å². The summed E-state index contributed by atoms with van der Waals surface area (Å²) in [5, 5.41) is 23.2. The molecule has 1 amide bonds. The molecule has 0 aliphatic carbocycles. The van der Waals surface area contributed by atoms with Crippen molar-refractivity contribution in [1.82, 2.24) is 5.32 Å². The van der Waals surface area contributed by atoms with Gasteiger partial charge in [-0.1, -0.05) is 289 Å². The lowest BCUT2D eigenvalue weighted by Gasteiger charge is -2.20. The monoisotopic (exact) mass is 958 g/mol. The van der Waals surface area contributed by atoms with Crippen LogP contribution in [0.2, 0.25) is 0 Å². The Morgan fingerprint density at radius 3 is 1.04 bits per heavy atom. The van der Waals surface area contributed by atoms with Gasteiger partial charge in [0, 0.05) is 12.8 Å². The van der Waals surface area contributed by atoms with Crippen molar-refractivity contribution >= 4 is 11.9 Å². The van der Waals surface area contributed by atoms with E-state index in [1.165, 1.54) is 231 Å². The summed E-state index contributed by atoms with van der Waals surface area (Å²) in [7, 11) is 0. The summed E-state index contributed by atoms with van der Waals surface area (Å²) in [6.45, 7) is 4.85. The lowest BCUT2D eigenvalue weighted by molar-refractivity contribution is -0.143. The topological polar surface area (TPSA) is 95.9 Å². The van der Waals surface area contributed by atoms with Crippen LogP contribution in [0.15, 0.2) is 24.3 Å². The molecule has 0 rings (SSSR count). The number of rotatable bonds is 57. The molecule has 0 heterocycles. The molecule has 0 aromatic carbocycles. The average Bonchev–Trinajstić information content (AvgIpc) is 3.34. The predicted molar refractivity (Wildman–Crippen MR) is 296 cm³/mol. The summed E-state index contributed by atoms with van der Waals surface area (Å²) in [6, 6.07) is -0.654. The highest BCUT2D eigenvalue weighted by Gasteiger charge is 2.18. The number of ether oxygens (including phenoxy) is 1. The highest BCUT2D eigenvalue weighted by atomic mass is 16.5. The summed E-state index contributed by atoms with van der Waals surface area (Å²) >= 11 is 0. The Morgan fingerprint density at radius 2 is 0.691 bits per heavy atom. The van der Waals surface area contributed by atoms with E-state index in [1.54, 1.807) is 6.08 Å². The molecular formula is C62H119NO5. The summed E-state index contributed by atoms with van der Waals surface area (Å²) in [4.78, 5) is 24.6. The Morgan fingerprint density at radius 1 is 0.397 bits per heavy atom. The van der Waals surface area contributed by atoms with Crippen LogP contribution in [0.25, 0.3) is 0 Å². The minimum atomic E-state index is -0.867. The second kappa shape index (κ2) is 57.9. The van der Waals surface area contributed by atoms with Crippen LogP contribution >= 0.6 is 0 Å². The van der Waals surface area contributed by atoms with Gasteiger partial charge in [0.05, 0.1) is 25.4 Å². The molecule has 0 bridgehead atoms. The summed E-state index contributed by atoms with van der Waals surface area (Å²) in [5.41, 5.74) is 0. The lowest BCUT2D eigenvalue weighted by atomic mass is 10.0. The third kappa shape index (κ3) is 53.7. The number of nitrogens with one attached hydrogen (secondary N) is 1. The standard InChI is InChI=1S/C62H119NO5/c1-3-5-7-9-11-13-15-17-19-21-23-24-25-27-28-30-32-34-38-42-46-50-54-60(65)59(58-64)63-61(66)55-51-47-43-39-36-37-41-45-49-53-57-68-62(67)56-52-48-44-40-35-33-31-29-26-22-20-18-16-14-12-10-8-6-4-2/h37,41,50,54,59-60,64-65H,3-36,38-40,42-49,51-53,55-58H2,1-2H3,(H,63,66)/b41-37-,54-50+. The fourth-order valence-corrected chi connectivity index (χ4v) is 9.51. The zero-order chi connectivity index (χ0) is 49.3. The maximum absolute atomic E-state index is 12.5. The third-order valence-electron chi connectivity index (χ3n) is 14.2. The van der Waals surface area contributed by atoms with E-state index in [-0.39, 0.29) is 18.5 Å². The molecule has 3 N–H and O–H groups in total. The molecule has 0 aromatic rings. The molecule has 0 saturated heterocycles. The van der Waals surface area contributed by atoms with Crippen LogP contribution in [-0.4, -0.2) is 47.4 Å². The van der Waals surface area contributed by atoms with Crippen molar-refractivity contribution in [3.05, 3.63) is 24.3 Å². The maximum atomic E-state index is 12.5. The summed E-state index contributed by atoms with van der Waals surface area (Å²) in [5.74, 6) is -0.133. The summed E-state index contributed by atoms with van der Waals surface area (Å²) < 4.78 is 5.46. The van der Waals surface area contributed by atoms with E-state index < -0.39 is 12.1 Å². The minimum absolute atomic E-state index is 0.0329. The van der Waals surface area contributed by atoms with E-state index in [2.05, 4.69) is 31.3 Å². The van der Waals surface area contributed by atoms with Crippen molar-refractivity contribution in [3.63, 3.8) is 0 Å². The SMILES string of the molecule is CCCCCCCCCCCCCCCCCCCCCC/C=C/C(O)C(CO)NC(=O)CCCCCC/C=C\CCCCOC(=O)CCCCCCCCCCCCCCCCCCCCC. The number of aliphatic hydroxyl groups excluding tert-OH is 2. The Hall–Kier alpha value is -1.66. The Kier molecular flexibility index (Phi) is 56.5. The van der Waals surface area contributed by atoms with Crippen LogP contribution in [0.1, 0.15) is 335 Å². The van der Waals surface area contributed by atoms with Crippen molar-refractivity contribution in [2.24, 2.45) is 0 Å². The van der Waals surface area contributed by atoms with E-state index in [9.17, 15) is 19.8 Å². The van der Waals surface area contributed by atoms with Gasteiger partial charge in [0.1, 0.15) is 0 Å². The van der Waals surface area contributed by atoms with Crippen LogP contribution in [0.3, 0.4) is 0 Å². The first-order chi connectivity index (χ1) is 33.5. The molecule has 0 fully saturated rings. The highest BCUT2D eigenvalue weighted by molar-refractivity contribution is 5.76. The van der Waals surface area contributed by atoms with Gasteiger partial charge in [-0.15, -0.1) is 0 Å². The van der Waals surface area contributed by atoms with Crippen LogP contribution in [0.4, 0.5) is 0 Å². The number of amides is 1. The lowest BCUT2D eigenvalue weighted by Crippen LogP contribution is -2.45. The first-order valence-electron chi connectivity index (χ1n) is 30.6. The molecule has 68 heavy (non-hydrogen) atoms. The van der Waals surface area contributed by atoms with Crippen molar-refractivity contribution in [2.75, 3.05) is 13.2 Å². The van der Waals surface area contributed by atoms with Gasteiger partial charge in [-0.05, 0) is 57.8 Å². The molecule has 2 unspecified atom stereocenters. The number of aliphatic hydroxyl groups is 2. The Labute approximate surface area is 424 Å². The van der Waals surface area contributed by atoms with Gasteiger partial charge in [-0.3, -0.25) is 9.59 Å². The van der Waals surface area contributed by atoms with Crippen LogP contribution < -0.4 is 5.32 Å². The molecule has 6 nitrogen and oxygen atoms in total. The Balaban J connectivity index is 3.51. The minimum Gasteiger partial charge on any atom is -0.466 e. The van der Waals surface area contributed by atoms with Gasteiger partial charge in [0.2, 0.25) is 5.91 Å². The van der Waals surface area contributed by atoms with Gasteiger partial charge >= 0.3 is 5.97 Å². The molecule has 0 radical (unpaired) electrons. The molecule has 0 saturated carbocycles. The van der Waals surface area contributed by atoms with Gasteiger partial charge in [0.15, 0.2) is 0 Å². The number of unbranched alkanes of at least 4 members (excludes halogenated alkanes) is 44. The normalized spacial score (nSPS) is 12.7. The molecule has 0 aliphatic rings. The molecule has 402 valence electrons. The van der Waals surface area contributed by atoms with E-state index in [4.69, 9.17) is 4.74 Å². The average molecular weight is 959 g/mol. The van der Waals surface area contributed by atoms with Crippen molar-refractivity contribution in [2.45, 2.75) is 347 Å².